The van der Waals surface area contributed by atoms with Crippen LogP contribution in [0.2, 0.25) is 0 Å². The fraction of sp³-hybridized carbons (Fsp3) is 0.250. The van der Waals surface area contributed by atoms with Crippen LogP contribution in [0, 0.1) is 6.92 Å². The lowest BCUT2D eigenvalue weighted by molar-refractivity contribution is -0.137. The molecule has 0 amide bonds. The highest BCUT2D eigenvalue weighted by Crippen LogP contribution is 2.30. The molecule has 0 atom stereocenters. The van der Waals surface area contributed by atoms with Gasteiger partial charge in [0.25, 0.3) is 0 Å². The SMILES string of the molecule is Cc1cccc(CN)c1-n1cc(C(F)(F)F)cn1. The van der Waals surface area contributed by atoms with Gasteiger partial charge >= 0.3 is 6.18 Å². The van der Waals surface area contributed by atoms with Crippen molar-refractivity contribution in [3.8, 4) is 5.69 Å². The molecule has 0 aliphatic carbocycles. The Morgan fingerprint density at radius 2 is 2.06 bits per heavy atom. The van der Waals surface area contributed by atoms with E-state index < -0.39 is 11.7 Å². The third-order valence-electron chi connectivity index (χ3n) is 2.68. The van der Waals surface area contributed by atoms with E-state index in [0.717, 1.165) is 23.5 Å². The summed E-state index contributed by atoms with van der Waals surface area (Å²) >= 11 is 0. The second-order valence-electron chi connectivity index (χ2n) is 3.96. The topological polar surface area (TPSA) is 43.8 Å². The van der Waals surface area contributed by atoms with E-state index >= 15 is 0 Å². The molecule has 0 saturated carbocycles. The number of nitrogens with zero attached hydrogens (tertiary/aromatic N) is 2. The summed E-state index contributed by atoms with van der Waals surface area (Å²) in [5, 5.41) is 3.76. The number of nitrogens with two attached hydrogens (primary N) is 1. The van der Waals surface area contributed by atoms with Crippen LogP contribution in [0.3, 0.4) is 0 Å². The first-order valence-corrected chi connectivity index (χ1v) is 5.34. The van der Waals surface area contributed by atoms with Gasteiger partial charge in [-0.3, -0.25) is 0 Å². The molecule has 0 fully saturated rings. The Hall–Kier alpha value is -1.82. The fourth-order valence-corrected chi connectivity index (χ4v) is 1.80. The highest BCUT2D eigenvalue weighted by atomic mass is 19.4. The highest BCUT2D eigenvalue weighted by Gasteiger charge is 2.32. The quantitative estimate of drug-likeness (QED) is 0.896. The Morgan fingerprint density at radius 3 is 2.61 bits per heavy atom. The summed E-state index contributed by atoms with van der Waals surface area (Å²) in [7, 11) is 0. The maximum atomic E-state index is 12.5. The van der Waals surface area contributed by atoms with Crippen LogP contribution in [0.15, 0.2) is 30.6 Å². The Bertz CT molecular complexity index is 558. The Morgan fingerprint density at radius 1 is 1.33 bits per heavy atom. The van der Waals surface area contributed by atoms with E-state index in [1.807, 2.05) is 19.1 Å². The molecule has 1 aromatic heterocycles. The van der Waals surface area contributed by atoms with E-state index in [1.165, 1.54) is 4.68 Å². The lowest BCUT2D eigenvalue weighted by atomic mass is 10.1. The zero-order valence-electron chi connectivity index (χ0n) is 9.70. The molecule has 0 saturated heterocycles. The van der Waals surface area contributed by atoms with E-state index in [4.69, 9.17) is 5.73 Å². The monoisotopic (exact) mass is 255 g/mol. The molecular weight excluding hydrogens is 243 g/mol. The van der Waals surface area contributed by atoms with Gasteiger partial charge in [0.1, 0.15) is 0 Å². The normalized spacial score (nSPS) is 11.8. The van der Waals surface area contributed by atoms with Crippen molar-refractivity contribution in [2.75, 3.05) is 0 Å². The Balaban J connectivity index is 2.53. The van der Waals surface area contributed by atoms with E-state index in [2.05, 4.69) is 5.10 Å². The lowest BCUT2D eigenvalue weighted by Gasteiger charge is -2.11. The van der Waals surface area contributed by atoms with Crippen LogP contribution in [-0.4, -0.2) is 9.78 Å². The molecule has 1 heterocycles. The van der Waals surface area contributed by atoms with Gasteiger partial charge in [-0.15, -0.1) is 0 Å². The number of benzene rings is 1. The molecule has 1 aromatic carbocycles. The van der Waals surface area contributed by atoms with Crippen LogP contribution < -0.4 is 5.73 Å². The van der Waals surface area contributed by atoms with Crippen LogP contribution in [0.4, 0.5) is 13.2 Å². The highest BCUT2D eigenvalue weighted by molar-refractivity contribution is 5.47. The van der Waals surface area contributed by atoms with Crippen molar-refractivity contribution in [3.05, 3.63) is 47.3 Å². The van der Waals surface area contributed by atoms with Gasteiger partial charge in [-0.1, -0.05) is 18.2 Å². The van der Waals surface area contributed by atoms with Crippen molar-refractivity contribution >= 4 is 0 Å². The van der Waals surface area contributed by atoms with Crippen molar-refractivity contribution in [1.82, 2.24) is 9.78 Å². The zero-order valence-corrected chi connectivity index (χ0v) is 9.70. The van der Waals surface area contributed by atoms with Crippen molar-refractivity contribution < 1.29 is 13.2 Å². The van der Waals surface area contributed by atoms with Crippen LogP contribution in [0.5, 0.6) is 0 Å². The second-order valence-corrected chi connectivity index (χ2v) is 3.96. The molecule has 0 aliphatic heterocycles. The van der Waals surface area contributed by atoms with Crippen molar-refractivity contribution in [3.63, 3.8) is 0 Å². The minimum Gasteiger partial charge on any atom is -0.326 e. The van der Waals surface area contributed by atoms with E-state index in [0.29, 0.717) is 5.69 Å². The fourth-order valence-electron chi connectivity index (χ4n) is 1.80. The minimum atomic E-state index is -4.39. The van der Waals surface area contributed by atoms with Gasteiger partial charge in [0.05, 0.1) is 17.4 Å². The number of hydrogen-bond acceptors (Lipinski definition) is 2. The largest absolute Gasteiger partial charge is 0.419 e. The number of rotatable bonds is 2. The molecule has 2 N–H and O–H groups in total. The van der Waals surface area contributed by atoms with Crippen LogP contribution in [0.1, 0.15) is 16.7 Å². The molecule has 2 aromatic rings. The van der Waals surface area contributed by atoms with Gasteiger partial charge in [-0.25, -0.2) is 4.68 Å². The molecule has 0 aliphatic rings. The molecular formula is C12H12F3N3. The molecule has 2 rings (SSSR count). The summed E-state index contributed by atoms with van der Waals surface area (Å²) in [6, 6.07) is 5.40. The number of hydrogen-bond donors (Lipinski definition) is 1. The number of halogens is 3. The number of aromatic nitrogens is 2. The summed E-state index contributed by atoms with van der Waals surface area (Å²) in [6.45, 7) is 2.06. The molecule has 6 heteroatoms. The van der Waals surface area contributed by atoms with E-state index in [-0.39, 0.29) is 6.54 Å². The summed E-state index contributed by atoms with van der Waals surface area (Å²) < 4.78 is 38.8. The molecule has 0 bridgehead atoms. The Kier molecular flexibility index (Phi) is 3.13. The summed E-state index contributed by atoms with van der Waals surface area (Å²) in [6.07, 6.45) is -2.60. The summed E-state index contributed by atoms with van der Waals surface area (Å²) in [5.41, 5.74) is 7.01. The standard InChI is InChI=1S/C12H12F3N3/c1-8-3-2-4-9(5-16)11(8)18-7-10(6-17-18)12(13,14)15/h2-4,6-7H,5,16H2,1H3. The summed E-state index contributed by atoms with van der Waals surface area (Å²) in [4.78, 5) is 0. The van der Waals surface area contributed by atoms with Gasteiger partial charge < -0.3 is 5.73 Å². The molecule has 3 nitrogen and oxygen atoms in total. The van der Waals surface area contributed by atoms with Gasteiger partial charge in [-0.05, 0) is 18.1 Å². The van der Waals surface area contributed by atoms with Crippen LogP contribution in [0.25, 0.3) is 5.69 Å². The first-order valence-electron chi connectivity index (χ1n) is 5.34. The van der Waals surface area contributed by atoms with Crippen LogP contribution in [-0.2, 0) is 12.7 Å². The minimum absolute atomic E-state index is 0.248. The lowest BCUT2D eigenvalue weighted by Crippen LogP contribution is -2.07. The maximum Gasteiger partial charge on any atom is 0.419 e. The van der Waals surface area contributed by atoms with Crippen molar-refractivity contribution in [1.29, 1.82) is 0 Å². The molecule has 0 spiro atoms. The predicted molar refractivity (Wildman–Crippen MR) is 61.2 cm³/mol. The first kappa shape index (κ1) is 12.6. The van der Waals surface area contributed by atoms with E-state index in [1.54, 1.807) is 6.07 Å². The number of para-hydroxylation sites is 1. The second kappa shape index (κ2) is 4.45. The van der Waals surface area contributed by atoms with Crippen molar-refractivity contribution in [2.24, 2.45) is 5.73 Å². The third-order valence-corrected chi connectivity index (χ3v) is 2.68. The van der Waals surface area contributed by atoms with Crippen molar-refractivity contribution in [2.45, 2.75) is 19.6 Å². The molecule has 0 unspecified atom stereocenters. The molecule has 18 heavy (non-hydrogen) atoms. The zero-order chi connectivity index (χ0) is 13.3. The molecule has 96 valence electrons. The van der Waals surface area contributed by atoms with E-state index in [9.17, 15) is 13.2 Å². The summed E-state index contributed by atoms with van der Waals surface area (Å²) in [5.74, 6) is 0. The average molecular weight is 255 g/mol. The Labute approximate surface area is 102 Å². The number of alkyl halides is 3. The van der Waals surface area contributed by atoms with Gasteiger partial charge in [0, 0.05) is 12.7 Å². The smallest absolute Gasteiger partial charge is 0.326 e. The van der Waals surface area contributed by atoms with Gasteiger partial charge in [-0.2, -0.15) is 18.3 Å². The first-order chi connectivity index (χ1) is 8.43. The maximum absolute atomic E-state index is 12.5. The van der Waals surface area contributed by atoms with Gasteiger partial charge in [0.15, 0.2) is 0 Å². The van der Waals surface area contributed by atoms with Gasteiger partial charge in [0.2, 0.25) is 0 Å². The average Bonchev–Trinajstić information content (AvgIpc) is 2.77. The van der Waals surface area contributed by atoms with Crippen LogP contribution >= 0.6 is 0 Å². The molecule has 0 radical (unpaired) electrons. The predicted octanol–water partition coefficient (Wildman–Crippen LogP) is 2.66. The third kappa shape index (κ3) is 2.24. The number of aryl methyl sites for hydroxylation is 1.